The maximum absolute atomic E-state index is 5.77. The highest BCUT2D eigenvalue weighted by molar-refractivity contribution is 5.26. The predicted octanol–water partition coefficient (Wildman–Crippen LogP) is -0.642. The van der Waals surface area contributed by atoms with E-state index in [9.17, 15) is 0 Å². The molecular weight excluding hydrogens is 286 g/mol. The van der Waals surface area contributed by atoms with Gasteiger partial charge in [0.2, 0.25) is 0 Å². The van der Waals surface area contributed by atoms with E-state index in [1.54, 1.807) is 7.11 Å². The van der Waals surface area contributed by atoms with Crippen molar-refractivity contribution in [3.63, 3.8) is 0 Å². The van der Waals surface area contributed by atoms with E-state index in [0.717, 1.165) is 24.8 Å². The van der Waals surface area contributed by atoms with Crippen molar-refractivity contribution in [1.82, 2.24) is 0 Å². The summed E-state index contributed by atoms with van der Waals surface area (Å²) < 4.78 is 10.9. The van der Waals surface area contributed by atoms with E-state index in [4.69, 9.17) is 9.47 Å². The highest BCUT2D eigenvalue weighted by Crippen LogP contribution is 2.29. The summed E-state index contributed by atoms with van der Waals surface area (Å²) in [5.41, 5.74) is 1.44. The largest absolute Gasteiger partial charge is 1.00 e. The summed E-state index contributed by atoms with van der Waals surface area (Å²) in [6.45, 7) is 7.60. The van der Waals surface area contributed by atoms with Crippen molar-refractivity contribution in [3.05, 3.63) is 29.8 Å². The van der Waals surface area contributed by atoms with Crippen molar-refractivity contribution in [3.8, 4) is 5.75 Å². The molecule has 0 amide bonds. The standard InChI is InChI=1S/C17H27NO2.ClH/c1-17(2)12-14(9-11-20-17)8-10-18-13-15-4-6-16(19-3)7-5-15;/h4-7,14,18H,8-13H2,1-3H3;1H. The first-order valence-corrected chi connectivity index (χ1v) is 7.67. The number of nitrogens with two attached hydrogens (primary N) is 1. The van der Waals surface area contributed by atoms with Gasteiger partial charge in [0.25, 0.3) is 0 Å². The van der Waals surface area contributed by atoms with Crippen LogP contribution in [0.3, 0.4) is 0 Å². The van der Waals surface area contributed by atoms with Crippen LogP contribution in [0, 0.1) is 5.92 Å². The van der Waals surface area contributed by atoms with Crippen molar-refractivity contribution in [2.24, 2.45) is 5.92 Å². The molecule has 0 aliphatic carbocycles. The number of ether oxygens (including phenoxy) is 2. The first-order valence-electron chi connectivity index (χ1n) is 7.67. The predicted molar refractivity (Wildman–Crippen MR) is 80.9 cm³/mol. The molecule has 1 fully saturated rings. The van der Waals surface area contributed by atoms with Gasteiger partial charge in [-0.05, 0) is 63.3 Å². The van der Waals surface area contributed by atoms with Gasteiger partial charge in [0, 0.05) is 12.2 Å². The Kier molecular flexibility index (Phi) is 7.50. The average Bonchev–Trinajstić information content (AvgIpc) is 2.43. The minimum Gasteiger partial charge on any atom is -1.00 e. The SMILES string of the molecule is COc1ccc(C[NH2+]CCC2CCOC(C)(C)C2)cc1.[Cl-]. The fraction of sp³-hybridized carbons (Fsp3) is 0.647. The summed E-state index contributed by atoms with van der Waals surface area (Å²) in [7, 11) is 1.70. The van der Waals surface area contributed by atoms with Crippen LogP contribution in [-0.2, 0) is 11.3 Å². The molecule has 1 heterocycles. The van der Waals surface area contributed by atoms with E-state index in [-0.39, 0.29) is 18.0 Å². The summed E-state index contributed by atoms with van der Waals surface area (Å²) in [6, 6.07) is 8.36. The summed E-state index contributed by atoms with van der Waals surface area (Å²) >= 11 is 0. The minimum absolute atomic E-state index is 0. The van der Waals surface area contributed by atoms with Gasteiger partial charge in [-0.25, -0.2) is 0 Å². The number of halogens is 1. The Hall–Kier alpha value is -0.770. The summed E-state index contributed by atoms with van der Waals surface area (Å²) in [5.74, 6) is 1.75. The lowest BCUT2D eigenvalue weighted by Gasteiger charge is -2.35. The van der Waals surface area contributed by atoms with Crippen LogP contribution in [-0.4, -0.2) is 25.9 Å². The Morgan fingerprint density at radius 3 is 2.62 bits per heavy atom. The van der Waals surface area contributed by atoms with Gasteiger partial charge in [0.05, 0.1) is 19.3 Å². The minimum atomic E-state index is 0. The Morgan fingerprint density at radius 2 is 2.00 bits per heavy atom. The van der Waals surface area contributed by atoms with Crippen LogP contribution in [0.15, 0.2) is 24.3 Å². The van der Waals surface area contributed by atoms with Crippen molar-refractivity contribution < 1.29 is 27.2 Å². The molecule has 120 valence electrons. The number of methoxy groups -OCH3 is 1. The van der Waals surface area contributed by atoms with Gasteiger partial charge >= 0.3 is 0 Å². The molecule has 0 spiro atoms. The molecule has 1 aliphatic heterocycles. The highest BCUT2D eigenvalue weighted by Gasteiger charge is 2.28. The van der Waals surface area contributed by atoms with E-state index >= 15 is 0 Å². The average molecular weight is 314 g/mol. The third-order valence-corrected chi connectivity index (χ3v) is 4.12. The lowest BCUT2D eigenvalue weighted by Crippen LogP contribution is -3.00. The maximum atomic E-state index is 5.77. The van der Waals surface area contributed by atoms with Crippen LogP contribution in [0.25, 0.3) is 0 Å². The number of rotatable bonds is 6. The van der Waals surface area contributed by atoms with Crippen molar-refractivity contribution in [2.45, 2.75) is 45.3 Å². The van der Waals surface area contributed by atoms with Gasteiger partial charge in [-0.1, -0.05) is 0 Å². The Balaban J connectivity index is 0.00000220. The quantitative estimate of drug-likeness (QED) is 0.709. The van der Waals surface area contributed by atoms with Gasteiger partial charge < -0.3 is 27.2 Å². The van der Waals surface area contributed by atoms with Crippen LogP contribution >= 0.6 is 0 Å². The Morgan fingerprint density at radius 1 is 1.29 bits per heavy atom. The third kappa shape index (κ3) is 6.25. The molecule has 1 unspecified atom stereocenters. The second-order valence-corrected chi connectivity index (χ2v) is 6.39. The molecule has 1 saturated heterocycles. The molecule has 0 bridgehead atoms. The molecule has 4 heteroatoms. The molecule has 1 aliphatic rings. The molecule has 0 aromatic heterocycles. The molecule has 2 rings (SSSR count). The molecule has 2 N–H and O–H groups in total. The summed E-state index contributed by atoms with van der Waals surface area (Å²) in [6.07, 6.45) is 3.71. The third-order valence-electron chi connectivity index (χ3n) is 4.12. The van der Waals surface area contributed by atoms with Gasteiger partial charge in [-0.15, -0.1) is 0 Å². The molecule has 1 aromatic rings. The van der Waals surface area contributed by atoms with E-state index in [0.29, 0.717) is 0 Å². The first-order chi connectivity index (χ1) is 9.59. The van der Waals surface area contributed by atoms with Crippen LogP contribution in [0.5, 0.6) is 5.75 Å². The zero-order chi connectivity index (χ0) is 14.4. The van der Waals surface area contributed by atoms with Gasteiger partial charge in [-0.3, -0.25) is 0 Å². The Bertz CT molecular complexity index is 406. The fourth-order valence-corrected chi connectivity index (χ4v) is 2.99. The number of quaternary nitrogens is 1. The number of benzene rings is 1. The molecule has 1 aromatic carbocycles. The lowest BCUT2D eigenvalue weighted by atomic mass is 9.86. The zero-order valence-corrected chi connectivity index (χ0v) is 14.2. The summed E-state index contributed by atoms with van der Waals surface area (Å²) in [4.78, 5) is 0. The van der Waals surface area contributed by atoms with E-state index in [1.165, 1.54) is 31.4 Å². The topological polar surface area (TPSA) is 35.1 Å². The molecule has 1 atom stereocenters. The molecule has 3 nitrogen and oxygen atoms in total. The van der Waals surface area contributed by atoms with E-state index in [2.05, 4.69) is 31.3 Å². The zero-order valence-electron chi connectivity index (χ0n) is 13.4. The van der Waals surface area contributed by atoms with Gasteiger partial charge in [0.1, 0.15) is 12.3 Å². The Labute approximate surface area is 134 Å². The maximum Gasteiger partial charge on any atom is 0.118 e. The van der Waals surface area contributed by atoms with Crippen LogP contribution in [0.2, 0.25) is 0 Å². The van der Waals surface area contributed by atoms with E-state index < -0.39 is 0 Å². The monoisotopic (exact) mass is 313 g/mol. The fourth-order valence-electron chi connectivity index (χ4n) is 2.99. The molecule has 0 radical (unpaired) electrons. The normalized spacial score (nSPS) is 20.6. The smallest absolute Gasteiger partial charge is 0.118 e. The second kappa shape index (κ2) is 8.62. The van der Waals surface area contributed by atoms with Crippen LogP contribution in [0.4, 0.5) is 0 Å². The number of hydrogen-bond donors (Lipinski definition) is 1. The van der Waals surface area contributed by atoms with E-state index in [1.807, 2.05) is 12.1 Å². The van der Waals surface area contributed by atoms with Crippen LogP contribution in [0.1, 0.15) is 38.7 Å². The second-order valence-electron chi connectivity index (χ2n) is 6.39. The van der Waals surface area contributed by atoms with Crippen LogP contribution < -0.4 is 22.5 Å². The molecule has 0 saturated carbocycles. The lowest BCUT2D eigenvalue weighted by molar-refractivity contribution is -0.671. The van der Waals surface area contributed by atoms with Crippen molar-refractivity contribution in [1.29, 1.82) is 0 Å². The van der Waals surface area contributed by atoms with Crippen molar-refractivity contribution in [2.75, 3.05) is 20.3 Å². The van der Waals surface area contributed by atoms with Gasteiger partial charge in [-0.2, -0.15) is 0 Å². The summed E-state index contributed by atoms with van der Waals surface area (Å²) in [5, 5.41) is 2.41. The molecule has 21 heavy (non-hydrogen) atoms. The highest BCUT2D eigenvalue weighted by atomic mass is 35.5. The first kappa shape index (κ1) is 18.3. The van der Waals surface area contributed by atoms with Gasteiger partial charge in [0.15, 0.2) is 0 Å². The molecular formula is C17H28ClNO2. The van der Waals surface area contributed by atoms with Crippen molar-refractivity contribution >= 4 is 0 Å². The number of hydrogen-bond acceptors (Lipinski definition) is 2.